The zero-order valence-corrected chi connectivity index (χ0v) is 9.95. The minimum absolute atomic E-state index is 0.362. The van der Waals surface area contributed by atoms with Gasteiger partial charge in [0, 0.05) is 25.3 Å². The summed E-state index contributed by atoms with van der Waals surface area (Å²) in [6, 6.07) is 1.18. The third-order valence-electron chi connectivity index (χ3n) is 3.08. The summed E-state index contributed by atoms with van der Waals surface area (Å²) in [5, 5.41) is 0. The Labute approximate surface area is 104 Å². The molecule has 98 valence electrons. The van der Waals surface area contributed by atoms with Crippen LogP contribution in [0.1, 0.15) is 14.5 Å². The van der Waals surface area contributed by atoms with E-state index >= 15 is 0 Å². The van der Waals surface area contributed by atoms with E-state index in [0.29, 0.717) is 0 Å². The van der Waals surface area contributed by atoms with Crippen LogP contribution in [0.5, 0.6) is 0 Å². The lowest BCUT2D eigenvalue weighted by Crippen LogP contribution is -2.36. The second kappa shape index (κ2) is 4.87. The largest absolute Gasteiger partial charge is 0.376 e. The maximum absolute atomic E-state index is 11.7. The first-order valence-corrected chi connectivity index (χ1v) is 5.46. The highest BCUT2D eigenvalue weighted by molar-refractivity contribution is 5.57. The van der Waals surface area contributed by atoms with Gasteiger partial charge in [0.05, 0.1) is 0 Å². The highest BCUT2D eigenvalue weighted by Gasteiger charge is 2.43. The van der Waals surface area contributed by atoms with Crippen molar-refractivity contribution in [3.63, 3.8) is 0 Å². The lowest BCUT2D eigenvalue weighted by molar-refractivity contribution is -0.121. The smallest absolute Gasteiger partial charge is 0.330 e. The van der Waals surface area contributed by atoms with E-state index < -0.39 is 35.9 Å². The van der Waals surface area contributed by atoms with Gasteiger partial charge in [-0.25, -0.2) is 4.79 Å². The molecule has 1 aromatic rings. The van der Waals surface area contributed by atoms with Gasteiger partial charge in [0.1, 0.15) is 19.8 Å². The first-order chi connectivity index (χ1) is 8.95. The van der Waals surface area contributed by atoms with Gasteiger partial charge in [-0.05, 0) is 0 Å². The van der Waals surface area contributed by atoms with Crippen molar-refractivity contribution in [3.05, 3.63) is 33.1 Å². The predicted octanol–water partition coefficient (Wildman–Crippen LogP) is -0.716. The Morgan fingerprint density at radius 1 is 1.61 bits per heavy atom. The van der Waals surface area contributed by atoms with Crippen LogP contribution in [-0.4, -0.2) is 35.1 Å². The fourth-order valence-corrected chi connectivity index (χ4v) is 2.10. The fraction of sp³-hybridized carbons (Fsp3) is 0.545. The number of hydrogen-bond donors (Lipinski definition) is 1. The second-order valence-electron chi connectivity index (χ2n) is 4.14. The van der Waals surface area contributed by atoms with Gasteiger partial charge < -0.3 is 14.3 Å². The van der Waals surface area contributed by atoms with Gasteiger partial charge in [0.15, 0.2) is 6.23 Å². The third-order valence-corrected chi connectivity index (χ3v) is 3.08. The van der Waals surface area contributed by atoms with E-state index in [1.54, 1.807) is 6.92 Å². The molecule has 1 fully saturated rings. The number of rotatable bonds is 3. The zero-order valence-electron chi connectivity index (χ0n) is 11.0. The van der Waals surface area contributed by atoms with Crippen LogP contribution in [0.4, 0.5) is 0 Å². The summed E-state index contributed by atoms with van der Waals surface area (Å²) in [6.45, 7) is 1.71. The molecule has 7 heteroatoms. The molecule has 7 nitrogen and oxygen atoms in total. The van der Waals surface area contributed by atoms with Gasteiger partial charge in [0.25, 0.3) is 5.56 Å². The molecule has 2 rings (SSSR count). The SMILES string of the molecule is [2H]C(=O)[C@H]1O[C@@H](n2ccc(=O)[nH]c2=O)[C@@H](OC)C1C. The van der Waals surface area contributed by atoms with E-state index in [4.69, 9.17) is 10.8 Å². The molecule has 18 heavy (non-hydrogen) atoms. The molecule has 0 aromatic carbocycles. The highest BCUT2D eigenvalue weighted by atomic mass is 16.6. The van der Waals surface area contributed by atoms with Crippen molar-refractivity contribution in [1.29, 1.82) is 0 Å². The number of hydrogen-bond acceptors (Lipinski definition) is 5. The molecule has 1 aliphatic rings. The number of carbonyl (C=O) groups excluding carboxylic acids is 1. The summed E-state index contributed by atoms with van der Waals surface area (Å²) >= 11 is 0. The molecule has 0 aliphatic carbocycles. The van der Waals surface area contributed by atoms with Gasteiger partial charge >= 0.3 is 5.69 Å². The molecule has 1 aliphatic heterocycles. The Kier molecular flexibility index (Phi) is 3.07. The van der Waals surface area contributed by atoms with Crippen LogP contribution in [0.25, 0.3) is 0 Å². The van der Waals surface area contributed by atoms with Crippen LogP contribution in [-0.2, 0) is 14.3 Å². The molecule has 1 unspecified atom stereocenters. The summed E-state index contributed by atoms with van der Waals surface area (Å²) in [4.78, 5) is 36.0. The first kappa shape index (κ1) is 11.4. The topological polar surface area (TPSA) is 90.4 Å². The number of ether oxygens (including phenoxy) is 2. The Balaban J connectivity index is 2.41. The second-order valence-corrected chi connectivity index (χ2v) is 4.14. The monoisotopic (exact) mass is 255 g/mol. The van der Waals surface area contributed by atoms with Crippen molar-refractivity contribution in [2.45, 2.75) is 25.4 Å². The molecule has 1 N–H and O–H groups in total. The Morgan fingerprint density at radius 3 is 2.89 bits per heavy atom. The summed E-state index contributed by atoms with van der Waals surface area (Å²) in [5.41, 5.74) is -1.17. The van der Waals surface area contributed by atoms with Crippen molar-refractivity contribution >= 4 is 6.26 Å². The fourth-order valence-electron chi connectivity index (χ4n) is 2.10. The number of H-pyrrole nitrogens is 1. The van der Waals surface area contributed by atoms with E-state index in [2.05, 4.69) is 4.98 Å². The lowest BCUT2D eigenvalue weighted by Gasteiger charge is -2.20. The molecule has 0 bridgehead atoms. The number of methoxy groups -OCH3 is 1. The highest BCUT2D eigenvalue weighted by Crippen LogP contribution is 2.33. The maximum atomic E-state index is 11.7. The molecule has 1 saturated heterocycles. The Hall–Kier alpha value is -1.73. The van der Waals surface area contributed by atoms with Crippen LogP contribution in [0.15, 0.2) is 21.9 Å². The van der Waals surface area contributed by atoms with Crippen molar-refractivity contribution < 1.29 is 15.6 Å². The Morgan fingerprint density at radius 2 is 2.33 bits per heavy atom. The minimum Gasteiger partial charge on any atom is -0.376 e. The van der Waals surface area contributed by atoms with E-state index in [0.717, 1.165) is 4.57 Å². The number of nitrogens with one attached hydrogen (secondary N) is 1. The standard InChI is InChI=1S/C11H14N2O5/c1-6-7(5-14)18-10(9(6)17-2)13-4-3-8(15)12-11(13)16/h3-7,9-10H,1-2H3,(H,12,15,16)/t6?,7-,9+,10-/m1/s1/i5D. The number of aromatic nitrogens is 2. The van der Waals surface area contributed by atoms with Gasteiger partial charge in [-0.15, -0.1) is 0 Å². The number of nitrogens with zero attached hydrogens (tertiary/aromatic N) is 1. The Bertz CT molecular complexity index is 595. The summed E-state index contributed by atoms with van der Waals surface area (Å²) < 4.78 is 19.0. The summed E-state index contributed by atoms with van der Waals surface area (Å²) in [5.74, 6) is -0.362. The van der Waals surface area contributed by atoms with Crippen molar-refractivity contribution in [2.75, 3.05) is 7.11 Å². The lowest BCUT2D eigenvalue weighted by atomic mass is 10.0. The molecule has 0 amide bonds. The number of carbonyl (C=O) groups is 1. The molecule has 0 radical (unpaired) electrons. The molecule has 2 heterocycles. The van der Waals surface area contributed by atoms with Crippen molar-refractivity contribution in [1.82, 2.24) is 9.55 Å². The molecule has 0 spiro atoms. The maximum Gasteiger partial charge on any atom is 0.330 e. The van der Waals surface area contributed by atoms with Crippen LogP contribution < -0.4 is 11.2 Å². The predicted molar refractivity (Wildman–Crippen MR) is 61.3 cm³/mol. The molecule has 1 aromatic heterocycles. The molecular weight excluding hydrogens is 240 g/mol. The van der Waals surface area contributed by atoms with Gasteiger partial charge in [0.2, 0.25) is 0 Å². The van der Waals surface area contributed by atoms with Crippen LogP contribution in [0, 0.1) is 5.92 Å². The molecule has 4 atom stereocenters. The summed E-state index contributed by atoms with van der Waals surface area (Å²) in [6.07, 6.45) is -1.93. The average Bonchev–Trinajstić information content (AvgIpc) is 2.66. The zero-order chi connectivity index (χ0) is 14.2. The molecule has 0 saturated carbocycles. The van der Waals surface area contributed by atoms with Crippen molar-refractivity contribution in [3.8, 4) is 0 Å². The van der Waals surface area contributed by atoms with Gasteiger partial charge in [-0.1, -0.05) is 6.92 Å². The van der Waals surface area contributed by atoms with E-state index in [-0.39, 0.29) is 5.92 Å². The summed E-state index contributed by atoms with van der Waals surface area (Å²) in [7, 11) is 1.44. The molecular formula is C11H14N2O5. The first-order valence-electron chi connectivity index (χ1n) is 5.96. The van der Waals surface area contributed by atoms with Crippen LogP contribution in [0.3, 0.4) is 0 Å². The van der Waals surface area contributed by atoms with Crippen molar-refractivity contribution in [2.24, 2.45) is 5.92 Å². The van der Waals surface area contributed by atoms with Gasteiger partial charge in [-0.3, -0.25) is 14.3 Å². The van der Waals surface area contributed by atoms with E-state index in [1.807, 2.05) is 0 Å². The quantitative estimate of drug-likeness (QED) is 0.720. The normalized spacial score (nSPS) is 32.2. The van der Waals surface area contributed by atoms with E-state index in [1.165, 1.54) is 19.4 Å². The third kappa shape index (κ3) is 2.02. The van der Waals surface area contributed by atoms with Gasteiger partial charge in [-0.2, -0.15) is 0 Å². The number of aromatic amines is 1. The van der Waals surface area contributed by atoms with E-state index in [9.17, 15) is 14.4 Å². The minimum atomic E-state index is -0.950. The average molecular weight is 255 g/mol. The number of aldehydes is 1. The van der Waals surface area contributed by atoms with Crippen LogP contribution in [0.2, 0.25) is 0 Å². The van der Waals surface area contributed by atoms with Crippen LogP contribution >= 0.6 is 0 Å².